The van der Waals surface area contributed by atoms with Crippen LogP contribution in [0.15, 0.2) is 0 Å². The highest BCUT2D eigenvalue weighted by molar-refractivity contribution is 5.05. The molecule has 4 heteroatoms. The molecule has 0 amide bonds. The van der Waals surface area contributed by atoms with Gasteiger partial charge in [0.25, 0.3) is 0 Å². The lowest BCUT2D eigenvalue weighted by Gasteiger charge is -2.23. The van der Waals surface area contributed by atoms with Crippen LogP contribution in [0.5, 0.6) is 0 Å². The summed E-state index contributed by atoms with van der Waals surface area (Å²) in [4.78, 5) is 0. The predicted molar refractivity (Wildman–Crippen MR) is 78.4 cm³/mol. The van der Waals surface area contributed by atoms with E-state index in [4.69, 9.17) is 0 Å². The Bertz CT molecular complexity index is 461. The molecule has 2 fully saturated rings. The summed E-state index contributed by atoms with van der Waals surface area (Å²) in [6, 6.07) is 1.09. The SMILES string of the molecule is CC(NC(C1CC1)C1CC1)c1nnc2n1CCCCC2. The van der Waals surface area contributed by atoms with Crippen molar-refractivity contribution in [3.05, 3.63) is 11.6 Å². The maximum absolute atomic E-state index is 4.50. The van der Waals surface area contributed by atoms with Crippen LogP contribution in [0.2, 0.25) is 0 Å². The van der Waals surface area contributed by atoms with Crippen LogP contribution < -0.4 is 5.32 Å². The second kappa shape index (κ2) is 5.14. The van der Waals surface area contributed by atoms with Gasteiger partial charge < -0.3 is 9.88 Å². The van der Waals surface area contributed by atoms with Gasteiger partial charge in [-0.1, -0.05) is 6.42 Å². The number of nitrogens with one attached hydrogen (secondary N) is 1. The minimum absolute atomic E-state index is 0.348. The molecule has 0 aromatic carbocycles. The maximum Gasteiger partial charge on any atom is 0.149 e. The highest BCUT2D eigenvalue weighted by Crippen LogP contribution is 2.45. The molecule has 110 valence electrons. The molecule has 1 aromatic rings. The predicted octanol–water partition coefficient (Wildman–Crippen LogP) is 2.84. The van der Waals surface area contributed by atoms with Gasteiger partial charge in [-0.2, -0.15) is 0 Å². The van der Waals surface area contributed by atoms with E-state index in [1.54, 1.807) is 0 Å². The molecule has 0 saturated heterocycles. The zero-order valence-electron chi connectivity index (χ0n) is 12.5. The van der Waals surface area contributed by atoms with Crippen LogP contribution in [-0.4, -0.2) is 20.8 Å². The molecule has 3 aliphatic rings. The largest absolute Gasteiger partial charge is 0.314 e. The maximum atomic E-state index is 4.50. The second-order valence-corrected chi connectivity index (χ2v) is 7.03. The molecule has 1 atom stereocenters. The smallest absolute Gasteiger partial charge is 0.149 e. The van der Waals surface area contributed by atoms with Crippen LogP contribution in [0.25, 0.3) is 0 Å². The number of hydrogen-bond donors (Lipinski definition) is 1. The fourth-order valence-electron chi connectivity index (χ4n) is 3.76. The standard InChI is InChI=1S/C16H26N4/c1-11(17-15(12-6-7-12)13-8-9-13)16-19-18-14-5-3-2-4-10-20(14)16/h11-13,15,17H,2-10H2,1H3. The first kappa shape index (κ1) is 12.8. The minimum atomic E-state index is 0.348. The summed E-state index contributed by atoms with van der Waals surface area (Å²) in [6.45, 7) is 3.39. The van der Waals surface area contributed by atoms with E-state index >= 15 is 0 Å². The van der Waals surface area contributed by atoms with Crippen molar-refractivity contribution in [3.63, 3.8) is 0 Å². The fourth-order valence-corrected chi connectivity index (χ4v) is 3.76. The zero-order valence-corrected chi connectivity index (χ0v) is 12.5. The van der Waals surface area contributed by atoms with E-state index in [2.05, 4.69) is 27.0 Å². The zero-order chi connectivity index (χ0) is 13.5. The van der Waals surface area contributed by atoms with Gasteiger partial charge >= 0.3 is 0 Å². The number of aryl methyl sites for hydroxylation is 1. The fraction of sp³-hybridized carbons (Fsp3) is 0.875. The summed E-state index contributed by atoms with van der Waals surface area (Å²) in [6.07, 6.45) is 10.7. The highest BCUT2D eigenvalue weighted by atomic mass is 15.3. The Morgan fingerprint density at radius 2 is 1.80 bits per heavy atom. The van der Waals surface area contributed by atoms with E-state index in [-0.39, 0.29) is 0 Å². The van der Waals surface area contributed by atoms with E-state index in [1.165, 1.54) is 56.6 Å². The van der Waals surface area contributed by atoms with Crippen molar-refractivity contribution in [1.82, 2.24) is 20.1 Å². The number of nitrogens with zero attached hydrogens (tertiary/aromatic N) is 3. The van der Waals surface area contributed by atoms with Crippen LogP contribution in [0.1, 0.15) is 69.6 Å². The Labute approximate surface area is 121 Å². The highest BCUT2D eigenvalue weighted by Gasteiger charge is 2.42. The molecule has 1 unspecified atom stereocenters. The normalized spacial score (nSPS) is 24.5. The van der Waals surface area contributed by atoms with Gasteiger partial charge in [-0.05, 0) is 57.3 Å². The third kappa shape index (κ3) is 2.50. The monoisotopic (exact) mass is 274 g/mol. The lowest BCUT2D eigenvalue weighted by molar-refractivity contribution is 0.362. The van der Waals surface area contributed by atoms with E-state index in [0.717, 1.165) is 30.8 Å². The first-order valence-electron chi connectivity index (χ1n) is 8.51. The molecule has 1 N–H and O–H groups in total. The van der Waals surface area contributed by atoms with Gasteiger partial charge in [-0.15, -0.1) is 10.2 Å². The number of aromatic nitrogens is 3. The van der Waals surface area contributed by atoms with Gasteiger partial charge in [-0.3, -0.25) is 0 Å². The van der Waals surface area contributed by atoms with Gasteiger partial charge in [0, 0.05) is 19.0 Å². The van der Waals surface area contributed by atoms with Gasteiger partial charge in [0.2, 0.25) is 0 Å². The molecule has 1 aromatic heterocycles. The number of hydrogen-bond acceptors (Lipinski definition) is 3. The van der Waals surface area contributed by atoms with Crippen LogP contribution >= 0.6 is 0 Å². The quantitative estimate of drug-likeness (QED) is 0.898. The van der Waals surface area contributed by atoms with Crippen LogP contribution in [0, 0.1) is 11.8 Å². The second-order valence-electron chi connectivity index (χ2n) is 7.03. The van der Waals surface area contributed by atoms with Gasteiger partial charge in [0.05, 0.1) is 6.04 Å². The summed E-state index contributed by atoms with van der Waals surface area (Å²) in [5, 5.41) is 12.8. The Morgan fingerprint density at radius 3 is 2.50 bits per heavy atom. The molecule has 0 radical (unpaired) electrons. The van der Waals surface area contributed by atoms with Crippen molar-refractivity contribution in [1.29, 1.82) is 0 Å². The summed E-state index contributed by atoms with van der Waals surface area (Å²) < 4.78 is 2.39. The summed E-state index contributed by atoms with van der Waals surface area (Å²) in [5.41, 5.74) is 0. The van der Waals surface area contributed by atoms with Gasteiger partial charge in [0.15, 0.2) is 0 Å². The number of fused-ring (bicyclic) bond motifs is 1. The van der Waals surface area contributed by atoms with Crippen molar-refractivity contribution in [2.75, 3.05) is 0 Å². The molecule has 0 spiro atoms. The summed E-state index contributed by atoms with van der Waals surface area (Å²) >= 11 is 0. The molecule has 1 aliphatic heterocycles. The average Bonchev–Trinajstić information content (AvgIpc) is 3.34. The van der Waals surface area contributed by atoms with Crippen molar-refractivity contribution >= 4 is 0 Å². The lowest BCUT2D eigenvalue weighted by Crippen LogP contribution is -2.36. The first-order chi connectivity index (χ1) is 9.83. The average molecular weight is 274 g/mol. The Balaban J connectivity index is 1.50. The molecule has 4 nitrogen and oxygen atoms in total. The minimum Gasteiger partial charge on any atom is -0.314 e. The van der Waals surface area contributed by atoms with E-state index in [1.807, 2.05) is 0 Å². The van der Waals surface area contributed by atoms with Crippen molar-refractivity contribution < 1.29 is 0 Å². The van der Waals surface area contributed by atoms with Crippen molar-refractivity contribution in [2.24, 2.45) is 11.8 Å². The van der Waals surface area contributed by atoms with E-state index < -0.39 is 0 Å². The molecule has 2 saturated carbocycles. The lowest BCUT2D eigenvalue weighted by atomic mass is 10.1. The van der Waals surface area contributed by atoms with Crippen LogP contribution in [0.3, 0.4) is 0 Å². The molecular weight excluding hydrogens is 248 g/mol. The molecule has 4 rings (SSSR count). The van der Waals surface area contributed by atoms with Crippen molar-refractivity contribution in [2.45, 2.75) is 76.9 Å². The third-order valence-electron chi connectivity index (χ3n) is 5.23. The van der Waals surface area contributed by atoms with Crippen LogP contribution in [0.4, 0.5) is 0 Å². The Hall–Kier alpha value is -0.900. The third-order valence-corrected chi connectivity index (χ3v) is 5.23. The summed E-state index contributed by atoms with van der Waals surface area (Å²) in [7, 11) is 0. The molecule has 2 aliphatic carbocycles. The van der Waals surface area contributed by atoms with Crippen molar-refractivity contribution in [3.8, 4) is 0 Å². The topological polar surface area (TPSA) is 42.7 Å². The molecule has 2 heterocycles. The summed E-state index contributed by atoms with van der Waals surface area (Å²) in [5.74, 6) is 4.27. The Kier molecular flexibility index (Phi) is 3.29. The van der Waals surface area contributed by atoms with E-state index in [0.29, 0.717) is 6.04 Å². The Morgan fingerprint density at radius 1 is 1.05 bits per heavy atom. The molecule has 20 heavy (non-hydrogen) atoms. The first-order valence-corrected chi connectivity index (χ1v) is 8.51. The molecular formula is C16H26N4. The van der Waals surface area contributed by atoms with Gasteiger partial charge in [-0.25, -0.2) is 0 Å². The number of rotatable bonds is 5. The van der Waals surface area contributed by atoms with Gasteiger partial charge in [0.1, 0.15) is 11.6 Å². The van der Waals surface area contributed by atoms with Crippen LogP contribution in [-0.2, 0) is 13.0 Å². The van der Waals surface area contributed by atoms with E-state index in [9.17, 15) is 0 Å². The molecule has 0 bridgehead atoms.